The largest absolute Gasteiger partial charge is 0.378 e. The molecule has 0 heterocycles. The van der Waals surface area contributed by atoms with Crippen molar-refractivity contribution in [1.82, 2.24) is 0 Å². The zero-order valence-corrected chi connectivity index (χ0v) is 17.6. The van der Waals surface area contributed by atoms with Crippen LogP contribution in [0.15, 0.2) is 66.7 Å². The number of nitrogens with zero attached hydrogens (tertiary/aromatic N) is 2. The van der Waals surface area contributed by atoms with E-state index in [0.717, 1.165) is 22.0 Å². The second-order valence-corrected chi connectivity index (χ2v) is 7.91. The van der Waals surface area contributed by atoms with Crippen LogP contribution in [0.3, 0.4) is 0 Å². The van der Waals surface area contributed by atoms with Crippen LogP contribution in [0.2, 0.25) is 10.0 Å². The molecule has 27 heavy (non-hydrogen) atoms. The van der Waals surface area contributed by atoms with Gasteiger partial charge in [0.1, 0.15) is 0 Å². The molecule has 4 heteroatoms. The molecule has 3 aromatic carbocycles. The lowest BCUT2D eigenvalue weighted by Crippen LogP contribution is -2.10. The number of rotatable bonds is 5. The third kappa shape index (κ3) is 4.40. The summed E-state index contributed by atoms with van der Waals surface area (Å²) in [6.07, 6.45) is 0. The molecule has 0 saturated heterocycles. The summed E-state index contributed by atoms with van der Waals surface area (Å²) >= 11 is 12.9. The maximum Gasteiger partial charge on any atom is 0.0448 e. The van der Waals surface area contributed by atoms with Crippen LogP contribution in [-0.4, -0.2) is 28.2 Å². The van der Waals surface area contributed by atoms with Crippen LogP contribution in [0.25, 0.3) is 0 Å². The summed E-state index contributed by atoms with van der Waals surface area (Å²) < 4.78 is 0. The normalized spacial score (nSPS) is 10.9. The van der Waals surface area contributed by atoms with Gasteiger partial charge in [0, 0.05) is 55.5 Å². The Morgan fingerprint density at radius 1 is 0.630 bits per heavy atom. The third-order valence-corrected chi connectivity index (χ3v) is 5.33. The molecule has 0 aliphatic heterocycles. The fourth-order valence-electron chi connectivity index (χ4n) is 3.22. The van der Waals surface area contributed by atoms with E-state index in [1.807, 2.05) is 46.4 Å². The molecule has 0 aromatic heterocycles. The topological polar surface area (TPSA) is 6.48 Å². The van der Waals surface area contributed by atoms with Crippen LogP contribution in [0.1, 0.15) is 22.6 Å². The molecule has 0 spiro atoms. The molecular weight excluding hydrogens is 375 g/mol. The van der Waals surface area contributed by atoms with Gasteiger partial charge in [0.2, 0.25) is 0 Å². The molecule has 0 N–H and O–H groups in total. The molecule has 0 unspecified atom stereocenters. The fraction of sp³-hybridized carbons (Fsp3) is 0.217. The molecule has 3 aromatic rings. The standard InChI is InChI=1S/C23H24Cl2N2/c1-26(2)19-10-5-16(6-11-19)23(21-15-18(24)9-14-22(21)25)17-7-12-20(13-8-17)27(3)4/h5-15,23H,1-4H3. The van der Waals surface area contributed by atoms with Crippen molar-refractivity contribution in [3.63, 3.8) is 0 Å². The van der Waals surface area contributed by atoms with Gasteiger partial charge in [-0.2, -0.15) is 0 Å². The zero-order valence-electron chi connectivity index (χ0n) is 16.1. The molecule has 0 amide bonds. The van der Waals surface area contributed by atoms with Crippen molar-refractivity contribution in [3.8, 4) is 0 Å². The van der Waals surface area contributed by atoms with E-state index in [1.54, 1.807) is 0 Å². The highest BCUT2D eigenvalue weighted by atomic mass is 35.5. The monoisotopic (exact) mass is 398 g/mol. The number of hydrogen-bond donors (Lipinski definition) is 0. The van der Waals surface area contributed by atoms with E-state index in [4.69, 9.17) is 23.2 Å². The second-order valence-electron chi connectivity index (χ2n) is 7.07. The number of benzene rings is 3. The number of halogens is 2. The van der Waals surface area contributed by atoms with Gasteiger partial charge in [-0.05, 0) is 59.2 Å². The molecule has 2 nitrogen and oxygen atoms in total. The summed E-state index contributed by atoms with van der Waals surface area (Å²) in [6, 6.07) is 22.9. The van der Waals surface area contributed by atoms with Gasteiger partial charge < -0.3 is 9.80 Å². The Kier molecular flexibility index (Phi) is 5.98. The lowest BCUT2D eigenvalue weighted by molar-refractivity contribution is 0.973. The van der Waals surface area contributed by atoms with Gasteiger partial charge in [0.05, 0.1) is 0 Å². The molecule has 3 rings (SSSR count). The van der Waals surface area contributed by atoms with E-state index in [9.17, 15) is 0 Å². The number of anilines is 2. The van der Waals surface area contributed by atoms with Gasteiger partial charge in [-0.15, -0.1) is 0 Å². The van der Waals surface area contributed by atoms with E-state index in [1.165, 1.54) is 11.1 Å². The lowest BCUT2D eigenvalue weighted by atomic mass is 9.85. The summed E-state index contributed by atoms with van der Waals surface area (Å²) in [5.74, 6) is 0.0172. The molecule has 0 aliphatic carbocycles. The zero-order chi connectivity index (χ0) is 19.6. The highest BCUT2D eigenvalue weighted by molar-refractivity contribution is 6.33. The molecule has 0 radical (unpaired) electrons. The van der Waals surface area contributed by atoms with Gasteiger partial charge in [0.15, 0.2) is 0 Å². The fourth-order valence-corrected chi connectivity index (χ4v) is 3.62. The first-order valence-corrected chi connectivity index (χ1v) is 9.62. The highest BCUT2D eigenvalue weighted by Gasteiger charge is 2.20. The van der Waals surface area contributed by atoms with Gasteiger partial charge >= 0.3 is 0 Å². The number of hydrogen-bond acceptors (Lipinski definition) is 2. The average Bonchev–Trinajstić information content (AvgIpc) is 2.65. The lowest BCUT2D eigenvalue weighted by Gasteiger charge is -2.22. The van der Waals surface area contributed by atoms with Crippen molar-refractivity contribution < 1.29 is 0 Å². The summed E-state index contributed by atoms with van der Waals surface area (Å²) in [4.78, 5) is 4.19. The first kappa shape index (κ1) is 19.6. The Hall–Kier alpha value is -2.16. The van der Waals surface area contributed by atoms with E-state index < -0.39 is 0 Å². The van der Waals surface area contributed by atoms with E-state index in [-0.39, 0.29) is 5.92 Å². The van der Waals surface area contributed by atoms with Crippen LogP contribution >= 0.6 is 23.2 Å². The molecular formula is C23H24Cl2N2. The first-order chi connectivity index (χ1) is 12.9. The van der Waals surface area contributed by atoms with Crippen LogP contribution in [0.5, 0.6) is 0 Å². The second kappa shape index (κ2) is 8.24. The van der Waals surface area contributed by atoms with E-state index in [0.29, 0.717) is 5.02 Å². The summed E-state index contributed by atoms with van der Waals surface area (Å²) in [7, 11) is 8.17. The molecule has 0 fully saturated rings. The predicted octanol–water partition coefficient (Wildman–Crippen LogP) is 6.31. The van der Waals surface area contributed by atoms with Gasteiger partial charge in [-0.1, -0.05) is 47.5 Å². The molecule has 0 bridgehead atoms. The van der Waals surface area contributed by atoms with E-state index in [2.05, 4.69) is 58.3 Å². The van der Waals surface area contributed by atoms with Gasteiger partial charge in [-0.3, -0.25) is 0 Å². The van der Waals surface area contributed by atoms with Crippen molar-refractivity contribution in [3.05, 3.63) is 93.5 Å². The van der Waals surface area contributed by atoms with Gasteiger partial charge in [0.25, 0.3) is 0 Å². The minimum atomic E-state index is 0.0172. The third-order valence-electron chi connectivity index (χ3n) is 4.75. The van der Waals surface area contributed by atoms with Crippen LogP contribution in [-0.2, 0) is 0 Å². The minimum absolute atomic E-state index is 0.0172. The van der Waals surface area contributed by atoms with Crippen LogP contribution in [0.4, 0.5) is 11.4 Å². The highest BCUT2D eigenvalue weighted by Crippen LogP contribution is 2.38. The van der Waals surface area contributed by atoms with Crippen molar-refractivity contribution in [1.29, 1.82) is 0 Å². The molecule has 0 aliphatic rings. The Balaban J connectivity index is 2.12. The Morgan fingerprint density at radius 3 is 1.48 bits per heavy atom. The molecule has 0 saturated carbocycles. The molecule has 0 atom stereocenters. The first-order valence-electron chi connectivity index (χ1n) is 8.86. The average molecular weight is 399 g/mol. The van der Waals surface area contributed by atoms with Crippen molar-refractivity contribution in [2.75, 3.05) is 38.0 Å². The smallest absolute Gasteiger partial charge is 0.0448 e. The van der Waals surface area contributed by atoms with E-state index >= 15 is 0 Å². The molecule has 140 valence electrons. The maximum atomic E-state index is 6.58. The van der Waals surface area contributed by atoms with Crippen LogP contribution in [0, 0.1) is 0 Å². The summed E-state index contributed by atoms with van der Waals surface area (Å²) in [6.45, 7) is 0. The van der Waals surface area contributed by atoms with Gasteiger partial charge in [-0.25, -0.2) is 0 Å². The Labute approximate surface area is 171 Å². The summed E-state index contributed by atoms with van der Waals surface area (Å²) in [5, 5.41) is 1.41. The summed E-state index contributed by atoms with van der Waals surface area (Å²) in [5.41, 5.74) is 5.71. The predicted molar refractivity (Wildman–Crippen MR) is 119 cm³/mol. The maximum absolute atomic E-state index is 6.58. The quantitative estimate of drug-likeness (QED) is 0.464. The van der Waals surface area contributed by atoms with Crippen molar-refractivity contribution in [2.45, 2.75) is 5.92 Å². The SMILES string of the molecule is CN(C)c1ccc(C(c2ccc(N(C)C)cc2)c2cc(Cl)ccc2Cl)cc1. The Bertz CT molecular complexity index is 849. The minimum Gasteiger partial charge on any atom is -0.378 e. The van der Waals surface area contributed by atoms with Crippen molar-refractivity contribution >= 4 is 34.6 Å². The van der Waals surface area contributed by atoms with Crippen molar-refractivity contribution in [2.24, 2.45) is 0 Å². The Morgan fingerprint density at radius 2 is 1.07 bits per heavy atom. The van der Waals surface area contributed by atoms with Crippen LogP contribution < -0.4 is 9.80 Å².